The fraction of sp³-hybridized carbons (Fsp3) is 0.333. The zero-order valence-electron chi connectivity index (χ0n) is 15.2. The van der Waals surface area contributed by atoms with Crippen molar-refractivity contribution in [3.8, 4) is 0 Å². The summed E-state index contributed by atoms with van der Waals surface area (Å²) in [6.45, 7) is 3.64. The number of hydrogen-bond acceptors (Lipinski definition) is 2. The molecule has 0 bridgehead atoms. The van der Waals surface area contributed by atoms with Crippen LogP contribution in [0.1, 0.15) is 27.8 Å². The number of benzene rings is 2. The first-order chi connectivity index (χ1) is 13.5. The SMILES string of the molecule is C=CC1(COCc2cc(C(F)(F)F)cc(C(F)(F)F)c2)OCCc2ccccc21. The zero-order valence-corrected chi connectivity index (χ0v) is 15.2. The third-order valence-electron chi connectivity index (χ3n) is 4.77. The third-order valence-corrected chi connectivity index (χ3v) is 4.77. The van der Waals surface area contributed by atoms with Gasteiger partial charge in [0, 0.05) is 0 Å². The zero-order chi connectivity index (χ0) is 21.3. The highest BCUT2D eigenvalue weighted by molar-refractivity contribution is 5.38. The van der Waals surface area contributed by atoms with Crippen molar-refractivity contribution in [1.29, 1.82) is 0 Å². The predicted molar refractivity (Wildman–Crippen MR) is 94.1 cm³/mol. The molecule has 156 valence electrons. The van der Waals surface area contributed by atoms with Crippen molar-refractivity contribution in [3.63, 3.8) is 0 Å². The topological polar surface area (TPSA) is 18.5 Å². The number of hydrogen-bond donors (Lipinski definition) is 0. The van der Waals surface area contributed by atoms with Crippen molar-refractivity contribution in [1.82, 2.24) is 0 Å². The summed E-state index contributed by atoms with van der Waals surface area (Å²) in [7, 11) is 0. The van der Waals surface area contributed by atoms with Gasteiger partial charge in [0.15, 0.2) is 0 Å². The van der Waals surface area contributed by atoms with E-state index >= 15 is 0 Å². The van der Waals surface area contributed by atoms with Crippen LogP contribution in [0.4, 0.5) is 26.3 Å². The van der Waals surface area contributed by atoms with Crippen LogP contribution in [0, 0.1) is 0 Å². The Morgan fingerprint density at radius 1 is 1.00 bits per heavy atom. The molecule has 2 aromatic rings. The predicted octanol–water partition coefficient (Wildman–Crippen LogP) is 5.90. The van der Waals surface area contributed by atoms with Gasteiger partial charge in [-0.15, -0.1) is 0 Å². The molecular formula is C21H18F6O2. The second kappa shape index (κ2) is 7.84. The van der Waals surface area contributed by atoms with E-state index in [1.54, 1.807) is 0 Å². The number of rotatable bonds is 5. The molecule has 0 spiro atoms. The molecule has 1 aliphatic heterocycles. The maximum atomic E-state index is 13.0. The van der Waals surface area contributed by atoms with Crippen LogP contribution in [0.25, 0.3) is 0 Å². The van der Waals surface area contributed by atoms with Crippen LogP contribution in [0.3, 0.4) is 0 Å². The van der Waals surface area contributed by atoms with Gasteiger partial charge in [0.1, 0.15) is 5.60 Å². The number of ether oxygens (including phenoxy) is 2. The highest BCUT2D eigenvalue weighted by Gasteiger charge is 2.38. The van der Waals surface area contributed by atoms with E-state index in [1.807, 2.05) is 24.3 Å². The molecule has 0 N–H and O–H groups in total. The van der Waals surface area contributed by atoms with E-state index in [0.29, 0.717) is 25.2 Å². The number of alkyl halides is 6. The summed E-state index contributed by atoms with van der Waals surface area (Å²) in [5, 5.41) is 0. The fourth-order valence-corrected chi connectivity index (χ4v) is 3.34. The standard InChI is InChI=1S/C21H18F6O2/c1-2-19(18-6-4-3-5-15(18)7-8-29-19)13-28-12-14-9-16(20(22,23)24)11-17(10-14)21(25,26)27/h2-6,9-11H,1,7-8,12-13H2. The first kappa shape index (κ1) is 21.4. The van der Waals surface area contributed by atoms with Crippen LogP contribution in [0.5, 0.6) is 0 Å². The summed E-state index contributed by atoms with van der Waals surface area (Å²) in [4.78, 5) is 0. The van der Waals surface area contributed by atoms with Gasteiger partial charge in [-0.05, 0) is 41.3 Å². The molecule has 0 saturated heterocycles. The van der Waals surface area contributed by atoms with E-state index in [9.17, 15) is 26.3 Å². The fourth-order valence-electron chi connectivity index (χ4n) is 3.34. The average Bonchev–Trinajstić information content (AvgIpc) is 2.66. The van der Waals surface area contributed by atoms with Crippen molar-refractivity contribution >= 4 is 0 Å². The molecule has 0 radical (unpaired) electrons. The van der Waals surface area contributed by atoms with Gasteiger partial charge >= 0.3 is 12.4 Å². The Hall–Kier alpha value is -2.32. The first-order valence-corrected chi connectivity index (χ1v) is 8.77. The van der Waals surface area contributed by atoms with E-state index in [-0.39, 0.29) is 18.2 Å². The lowest BCUT2D eigenvalue weighted by atomic mass is 9.87. The van der Waals surface area contributed by atoms with Gasteiger partial charge in [0.25, 0.3) is 0 Å². The minimum absolute atomic E-state index is 0.0922. The maximum Gasteiger partial charge on any atom is 0.416 e. The molecule has 2 nitrogen and oxygen atoms in total. The minimum Gasteiger partial charge on any atom is -0.373 e. The molecule has 1 atom stereocenters. The van der Waals surface area contributed by atoms with Crippen LogP contribution in [-0.4, -0.2) is 13.2 Å². The molecule has 0 aliphatic carbocycles. The van der Waals surface area contributed by atoms with Crippen molar-refractivity contribution < 1.29 is 35.8 Å². The first-order valence-electron chi connectivity index (χ1n) is 8.77. The molecule has 8 heteroatoms. The lowest BCUT2D eigenvalue weighted by molar-refractivity contribution is -0.143. The van der Waals surface area contributed by atoms with E-state index in [1.165, 1.54) is 6.08 Å². The summed E-state index contributed by atoms with van der Waals surface area (Å²) in [5.41, 5.74) is -2.13. The van der Waals surface area contributed by atoms with E-state index < -0.39 is 35.7 Å². The summed E-state index contributed by atoms with van der Waals surface area (Å²) in [5.74, 6) is 0. The Kier molecular flexibility index (Phi) is 5.78. The second-order valence-corrected chi connectivity index (χ2v) is 6.76. The highest BCUT2D eigenvalue weighted by Crippen LogP contribution is 2.37. The molecule has 1 unspecified atom stereocenters. The molecule has 0 fully saturated rings. The van der Waals surface area contributed by atoms with Crippen molar-refractivity contribution in [2.75, 3.05) is 13.2 Å². The van der Waals surface area contributed by atoms with Crippen LogP contribution >= 0.6 is 0 Å². The van der Waals surface area contributed by atoms with Crippen LogP contribution in [0.15, 0.2) is 55.1 Å². The molecule has 29 heavy (non-hydrogen) atoms. The quantitative estimate of drug-likeness (QED) is 0.447. The molecule has 1 heterocycles. The Balaban J connectivity index is 1.82. The van der Waals surface area contributed by atoms with Gasteiger partial charge in [0.05, 0.1) is 30.9 Å². The molecule has 0 saturated carbocycles. The maximum absolute atomic E-state index is 13.0. The molecule has 2 aromatic carbocycles. The van der Waals surface area contributed by atoms with E-state index in [2.05, 4.69) is 6.58 Å². The smallest absolute Gasteiger partial charge is 0.373 e. The molecule has 0 amide bonds. The van der Waals surface area contributed by atoms with Gasteiger partial charge in [-0.2, -0.15) is 26.3 Å². The van der Waals surface area contributed by atoms with Crippen LogP contribution in [0.2, 0.25) is 0 Å². The monoisotopic (exact) mass is 416 g/mol. The summed E-state index contributed by atoms with van der Waals surface area (Å²) >= 11 is 0. The van der Waals surface area contributed by atoms with Gasteiger partial charge in [0.2, 0.25) is 0 Å². The van der Waals surface area contributed by atoms with Gasteiger partial charge in [-0.25, -0.2) is 0 Å². The van der Waals surface area contributed by atoms with Gasteiger partial charge < -0.3 is 9.47 Å². The summed E-state index contributed by atoms with van der Waals surface area (Å²) < 4.78 is 89.3. The van der Waals surface area contributed by atoms with Crippen molar-refractivity contribution in [2.45, 2.75) is 31.0 Å². The van der Waals surface area contributed by atoms with Crippen molar-refractivity contribution in [2.24, 2.45) is 0 Å². The normalized spacial score (nSPS) is 19.7. The summed E-state index contributed by atoms with van der Waals surface area (Å²) in [6.07, 6.45) is -7.57. The molecule has 3 rings (SSSR count). The largest absolute Gasteiger partial charge is 0.416 e. The van der Waals surface area contributed by atoms with Gasteiger partial charge in [-0.3, -0.25) is 0 Å². The Morgan fingerprint density at radius 2 is 1.62 bits per heavy atom. The molecular weight excluding hydrogens is 398 g/mol. The lowest BCUT2D eigenvalue weighted by Crippen LogP contribution is -2.38. The van der Waals surface area contributed by atoms with Crippen LogP contribution < -0.4 is 0 Å². The molecule has 1 aliphatic rings. The number of fused-ring (bicyclic) bond motifs is 1. The van der Waals surface area contributed by atoms with E-state index in [0.717, 1.165) is 11.1 Å². The Morgan fingerprint density at radius 3 is 2.21 bits per heavy atom. The Labute approximate surface area is 163 Å². The second-order valence-electron chi connectivity index (χ2n) is 6.76. The third kappa shape index (κ3) is 4.64. The summed E-state index contributed by atoms with van der Waals surface area (Å²) in [6, 6.07) is 8.87. The van der Waals surface area contributed by atoms with Crippen molar-refractivity contribution in [3.05, 3.63) is 82.9 Å². The molecule has 0 aromatic heterocycles. The van der Waals surface area contributed by atoms with Gasteiger partial charge in [-0.1, -0.05) is 36.9 Å². The lowest BCUT2D eigenvalue weighted by Gasteiger charge is -2.36. The Bertz CT molecular complexity index is 855. The van der Waals surface area contributed by atoms with E-state index in [4.69, 9.17) is 9.47 Å². The number of halogens is 6. The minimum atomic E-state index is -4.90. The highest BCUT2D eigenvalue weighted by atomic mass is 19.4. The van der Waals surface area contributed by atoms with Crippen LogP contribution in [-0.2, 0) is 40.5 Å². The average molecular weight is 416 g/mol.